The van der Waals surface area contributed by atoms with Crippen molar-refractivity contribution in [2.45, 2.75) is 62.0 Å². The van der Waals surface area contributed by atoms with E-state index in [1.165, 1.54) is 36.0 Å². The Morgan fingerprint density at radius 2 is 1.95 bits per heavy atom. The minimum atomic E-state index is -3.84. The monoisotopic (exact) mass is 603 g/mol. The summed E-state index contributed by atoms with van der Waals surface area (Å²) in [6.07, 6.45) is 11.7. The van der Waals surface area contributed by atoms with Gasteiger partial charge in [-0.1, -0.05) is 25.3 Å². The number of aliphatic hydroxyl groups is 1. The molecule has 11 heteroatoms. The molecule has 2 aliphatic rings. The van der Waals surface area contributed by atoms with Gasteiger partial charge in [0, 0.05) is 48.6 Å². The van der Waals surface area contributed by atoms with Gasteiger partial charge in [0.1, 0.15) is 11.9 Å². The molecule has 0 spiro atoms. The van der Waals surface area contributed by atoms with Crippen molar-refractivity contribution in [2.75, 3.05) is 17.8 Å². The molecule has 226 valence electrons. The lowest BCUT2D eigenvalue weighted by atomic mass is 9.82. The minimum Gasteiger partial charge on any atom is -0.489 e. The number of aromatic amines is 1. The second kappa shape index (κ2) is 12.7. The second-order valence-corrected chi connectivity index (χ2v) is 13.1. The standard InChI is InChI=1S/C32H37N5O5S/c38-30(24-5-2-16-33-18-24)20-34-19-28-12-7-23-17-25(9-15-31(23)42-28)36-43(40,41)29-13-10-27(11-14-29)37-21-26(35-32(37)39)8-6-22-3-1-4-22/h2,5,9-11,13-18,21-22,28,30,34,36,38H,1,3-4,6-8,12,19-20H2,(H,35,39). The highest BCUT2D eigenvalue weighted by molar-refractivity contribution is 7.92. The maximum atomic E-state index is 13.1. The Morgan fingerprint density at radius 1 is 1.12 bits per heavy atom. The number of fused-ring (bicyclic) bond motifs is 1. The molecule has 0 radical (unpaired) electrons. The number of benzene rings is 2. The van der Waals surface area contributed by atoms with E-state index in [0.29, 0.717) is 24.5 Å². The quantitative estimate of drug-likeness (QED) is 0.191. The van der Waals surface area contributed by atoms with Gasteiger partial charge < -0.3 is 20.1 Å². The lowest BCUT2D eigenvalue weighted by Crippen LogP contribution is -2.36. The van der Waals surface area contributed by atoms with E-state index in [2.05, 4.69) is 20.0 Å². The van der Waals surface area contributed by atoms with Gasteiger partial charge in [-0.15, -0.1) is 0 Å². The zero-order valence-corrected chi connectivity index (χ0v) is 24.7. The van der Waals surface area contributed by atoms with Crippen molar-refractivity contribution in [1.82, 2.24) is 19.9 Å². The van der Waals surface area contributed by atoms with Crippen LogP contribution < -0.4 is 20.5 Å². The molecule has 0 bridgehead atoms. The Kier molecular flexibility index (Phi) is 8.64. The third kappa shape index (κ3) is 7.01. The summed E-state index contributed by atoms with van der Waals surface area (Å²) in [5.41, 5.74) is 3.43. The number of hydrogen-bond donors (Lipinski definition) is 4. The molecule has 2 aromatic heterocycles. The van der Waals surface area contributed by atoms with Crippen molar-refractivity contribution < 1.29 is 18.3 Å². The SMILES string of the molecule is O=c1[nH]c(CCC2CCC2)cn1-c1ccc(S(=O)(=O)Nc2ccc3c(c2)CCC(CNCC(O)c2cccnc2)O3)cc1. The van der Waals surface area contributed by atoms with E-state index in [1.807, 2.05) is 18.3 Å². The van der Waals surface area contributed by atoms with Gasteiger partial charge >= 0.3 is 5.69 Å². The summed E-state index contributed by atoms with van der Waals surface area (Å²) in [6.45, 7) is 0.973. The molecule has 0 saturated heterocycles. The van der Waals surface area contributed by atoms with Crippen LogP contribution in [0, 0.1) is 5.92 Å². The first kappa shape index (κ1) is 29.2. The van der Waals surface area contributed by atoms with E-state index >= 15 is 0 Å². The Hall–Kier alpha value is -3.93. The van der Waals surface area contributed by atoms with Gasteiger partial charge in [0.25, 0.3) is 10.0 Å². The molecule has 2 atom stereocenters. The zero-order chi connectivity index (χ0) is 29.8. The van der Waals surface area contributed by atoms with E-state index in [0.717, 1.165) is 54.2 Å². The number of pyridine rings is 1. The summed E-state index contributed by atoms with van der Waals surface area (Å²) in [5.74, 6) is 1.48. The van der Waals surface area contributed by atoms with E-state index in [4.69, 9.17) is 4.74 Å². The fourth-order valence-electron chi connectivity index (χ4n) is 5.63. The zero-order valence-electron chi connectivity index (χ0n) is 23.9. The number of anilines is 1. The average Bonchev–Trinajstić information content (AvgIpc) is 3.36. The van der Waals surface area contributed by atoms with Gasteiger partial charge in [0.05, 0.1) is 16.7 Å². The summed E-state index contributed by atoms with van der Waals surface area (Å²) in [7, 11) is -3.84. The summed E-state index contributed by atoms with van der Waals surface area (Å²) in [6, 6.07) is 15.2. The van der Waals surface area contributed by atoms with E-state index in [9.17, 15) is 18.3 Å². The molecule has 10 nitrogen and oxygen atoms in total. The van der Waals surface area contributed by atoms with Gasteiger partial charge in [-0.3, -0.25) is 14.3 Å². The van der Waals surface area contributed by atoms with Crippen molar-refractivity contribution >= 4 is 15.7 Å². The predicted molar refractivity (Wildman–Crippen MR) is 164 cm³/mol. The normalized spacial score (nSPS) is 17.5. The average molecular weight is 604 g/mol. The van der Waals surface area contributed by atoms with Crippen molar-refractivity contribution in [1.29, 1.82) is 0 Å². The maximum Gasteiger partial charge on any atom is 0.330 e. The summed E-state index contributed by atoms with van der Waals surface area (Å²) < 4.78 is 36.6. The van der Waals surface area contributed by atoms with Gasteiger partial charge in [-0.2, -0.15) is 0 Å². The Balaban J connectivity index is 1.03. The molecule has 3 heterocycles. The van der Waals surface area contributed by atoms with Crippen LogP contribution in [0.3, 0.4) is 0 Å². The predicted octanol–water partition coefficient (Wildman–Crippen LogP) is 4.11. The molecule has 4 N–H and O–H groups in total. The van der Waals surface area contributed by atoms with Crippen molar-refractivity contribution in [2.24, 2.45) is 5.92 Å². The number of ether oxygens (including phenoxy) is 1. The van der Waals surface area contributed by atoms with E-state index < -0.39 is 16.1 Å². The number of aliphatic hydroxyl groups excluding tert-OH is 1. The maximum absolute atomic E-state index is 13.1. The van der Waals surface area contributed by atoms with Crippen LogP contribution in [0.25, 0.3) is 5.69 Å². The highest BCUT2D eigenvalue weighted by Crippen LogP contribution is 2.32. The number of nitrogens with zero attached hydrogens (tertiary/aromatic N) is 2. The third-order valence-electron chi connectivity index (χ3n) is 8.36. The van der Waals surface area contributed by atoms with Crippen molar-refractivity contribution in [3.8, 4) is 11.4 Å². The largest absolute Gasteiger partial charge is 0.489 e. The molecule has 1 saturated carbocycles. The Bertz CT molecular complexity index is 1700. The molecular formula is C32H37N5O5S. The molecule has 0 amide bonds. The smallest absolute Gasteiger partial charge is 0.330 e. The van der Waals surface area contributed by atoms with Crippen molar-refractivity contribution in [3.63, 3.8) is 0 Å². The summed E-state index contributed by atoms with van der Waals surface area (Å²) >= 11 is 0. The van der Waals surface area contributed by atoms with Gasteiger partial charge in [0.2, 0.25) is 0 Å². The van der Waals surface area contributed by atoms with Crippen molar-refractivity contribution in [3.05, 3.63) is 100 Å². The molecular weight excluding hydrogens is 566 g/mol. The Labute approximate surface area is 251 Å². The number of imidazole rings is 1. The number of hydrogen-bond acceptors (Lipinski definition) is 7. The third-order valence-corrected chi connectivity index (χ3v) is 9.76. The van der Waals surface area contributed by atoms with Gasteiger partial charge in [0.15, 0.2) is 0 Å². The number of sulfonamides is 1. The molecule has 2 aromatic carbocycles. The highest BCUT2D eigenvalue weighted by atomic mass is 32.2. The number of H-pyrrole nitrogens is 1. The minimum absolute atomic E-state index is 0.0546. The van der Waals surface area contributed by atoms with Crippen LogP contribution in [0.15, 0.2) is 82.9 Å². The van der Waals surface area contributed by atoms with Crippen LogP contribution in [0.1, 0.15) is 55.0 Å². The topological polar surface area (TPSA) is 138 Å². The molecule has 1 fully saturated rings. The first-order chi connectivity index (χ1) is 20.8. The first-order valence-corrected chi connectivity index (χ1v) is 16.3. The highest BCUT2D eigenvalue weighted by Gasteiger charge is 2.22. The number of rotatable bonds is 12. The van der Waals surface area contributed by atoms with Crippen LogP contribution in [0.2, 0.25) is 0 Å². The lowest BCUT2D eigenvalue weighted by Gasteiger charge is -2.27. The van der Waals surface area contributed by atoms with E-state index in [1.54, 1.807) is 42.7 Å². The van der Waals surface area contributed by atoms with Crippen LogP contribution in [0.5, 0.6) is 5.75 Å². The van der Waals surface area contributed by atoms with Crippen LogP contribution in [-0.4, -0.2) is 47.3 Å². The second-order valence-electron chi connectivity index (χ2n) is 11.5. The summed E-state index contributed by atoms with van der Waals surface area (Å²) in [4.78, 5) is 19.6. The molecule has 43 heavy (non-hydrogen) atoms. The van der Waals surface area contributed by atoms with E-state index in [-0.39, 0.29) is 16.7 Å². The number of aromatic nitrogens is 3. The number of nitrogens with one attached hydrogen (secondary N) is 3. The fourth-order valence-corrected chi connectivity index (χ4v) is 6.68. The fraction of sp³-hybridized carbons (Fsp3) is 0.375. The van der Waals surface area contributed by atoms with Crippen LogP contribution >= 0.6 is 0 Å². The molecule has 4 aromatic rings. The van der Waals surface area contributed by atoms with Gasteiger partial charge in [-0.05, 0) is 85.7 Å². The van der Waals surface area contributed by atoms with Gasteiger partial charge in [-0.25, -0.2) is 13.2 Å². The first-order valence-electron chi connectivity index (χ1n) is 14.9. The van der Waals surface area contributed by atoms with Crippen LogP contribution in [-0.2, 0) is 22.9 Å². The number of aryl methyl sites for hydroxylation is 2. The van der Waals surface area contributed by atoms with Crippen LogP contribution in [0.4, 0.5) is 5.69 Å². The lowest BCUT2D eigenvalue weighted by molar-refractivity contribution is 0.146. The molecule has 1 aliphatic carbocycles. The molecule has 6 rings (SSSR count). The molecule has 1 aliphatic heterocycles. The summed E-state index contributed by atoms with van der Waals surface area (Å²) in [5, 5.41) is 13.6. The molecule has 2 unspecified atom stereocenters. The Morgan fingerprint density at radius 3 is 2.70 bits per heavy atom.